The molecule has 39 heavy (non-hydrogen) atoms. The van der Waals surface area contributed by atoms with Gasteiger partial charge in [0.15, 0.2) is 17.8 Å². The van der Waals surface area contributed by atoms with Gasteiger partial charge in [-0.2, -0.15) is 0 Å². The van der Waals surface area contributed by atoms with E-state index in [0.717, 1.165) is 32.1 Å². The van der Waals surface area contributed by atoms with Crippen LogP contribution in [0.1, 0.15) is 66.7 Å². The zero-order valence-electron chi connectivity index (χ0n) is 23.4. The molecule has 0 radical (unpaired) electrons. The summed E-state index contributed by atoms with van der Waals surface area (Å²) < 4.78 is 38.7. The molecule has 2 heterocycles. The van der Waals surface area contributed by atoms with E-state index < -0.39 is 37.6 Å². The summed E-state index contributed by atoms with van der Waals surface area (Å²) in [4.78, 5) is 37.2. The molecule has 0 spiro atoms. The predicted molar refractivity (Wildman–Crippen MR) is 145 cm³/mol. The molecule has 3 atom stereocenters. The van der Waals surface area contributed by atoms with Crippen molar-refractivity contribution in [2.24, 2.45) is 0 Å². The van der Waals surface area contributed by atoms with Gasteiger partial charge in [0.25, 0.3) is 7.52 Å². The van der Waals surface area contributed by atoms with E-state index in [9.17, 15) is 14.2 Å². The zero-order chi connectivity index (χ0) is 28.6. The smallest absolute Gasteiger partial charge is 0.326 e. The minimum atomic E-state index is -3.94. The number of nitrogens with one attached hydrogen (secondary N) is 1. The van der Waals surface area contributed by atoms with Crippen molar-refractivity contribution in [3.05, 3.63) is 12.7 Å². The van der Waals surface area contributed by atoms with E-state index in [0.29, 0.717) is 24.0 Å². The lowest BCUT2D eigenvalue weighted by Crippen LogP contribution is -2.48. The third-order valence-electron chi connectivity index (χ3n) is 6.25. The Hall–Kier alpha value is -2.44. The number of hydrogen-bond donors (Lipinski definition) is 2. The Bertz CT molecular complexity index is 1150. The molecule has 1 saturated carbocycles. The normalized spacial score (nSPS) is 18.1. The van der Waals surface area contributed by atoms with E-state index in [1.54, 1.807) is 31.7 Å². The number of aromatic nitrogens is 4. The minimum absolute atomic E-state index is 0.0997. The van der Waals surface area contributed by atoms with Crippen LogP contribution in [0.4, 0.5) is 5.82 Å². The number of fused-ring (bicyclic) bond motifs is 1. The van der Waals surface area contributed by atoms with Gasteiger partial charge in [-0.15, -0.1) is 0 Å². The van der Waals surface area contributed by atoms with Crippen LogP contribution in [0.25, 0.3) is 11.2 Å². The Labute approximate surface area is 229 Å². The largest absolute Gasteiger partial charge is 0.461 e. The molecule has 3 rings (SSSR count). The molecule has 1 aliphatic carbocycles. The number of nitrogen functional groups attached to an aromatic ring is 1. The molecular formula is C25H41N6O7P. The van der Waals surface area contributed by atoms with E-state index in [1.807, 2.05) is 13.8 Å². The lowest BCUT2D eigenvalue weighted by Gasteiger charge is -2.33. The van der Waals surface area contributed by atoms with Gasteiger partial charge in [0, 0.05) is 0 Å². The van der Waals surface area contributed by atoms with Crippen LogP contribution in [-0.2, 0) is 39.4 Å². The fourth-order valence-corrected chi connectivity index (χ4v) is 6.35. The molecule has 0 aliphatic heterocycles. The Kier molecular flexibility index (Phi) is 11.0. The molecule has 0 aromatic carbocycles. The molecule has 3 unspecified atom stereocenters. The molecule has 0 bridgehead atoms. The van der Waals surface area contributed by atoms with Crippen LogP contribution >= 0.6 is 7.52 Å². The maximum Gasteiger partial charge on any atom is 0.326 e. The average Bonchev–Trinajstić information content (AvgIpc) is 3.29. The van der Waals surface area contributed by atoms with Crippen LogP contribution in [0, 0.1) is 0 Å². The van der Waals surface area contributed by atoms with E-state index in [4.69, 9.17) is 24.5 Å². The molecule has 14 heteroatoms. The van der Waals surface area contributed by atoms with Crippen LogP contribution in [-0.4, -0.2) is 74.7 Å². The number of carbonyl (C=O) groups is 2. The highest BCUT2D eigenvalue weighted by Crippen LogP contribution is 2.46. The average molecular weight is 569 g/mol. The van der Waals surface area contributed by atoms with E-state index in [2.05, 4.69) is 20.0 Å². The summed E-state index contributed by atoms with van der Waals surface area (Å²) in [5.41, 5.74) is 5.50. The number of carbonyl (C=O) groups excluding carboxylic acids is 2. The van der Waals surface area contributed by atoms with Crippen molar-refractivity contribution < 1.29 is 32.9 Å². The molecule has 2 aromatic heterocycles. The summed E-state index contributed by atoms with van der Waals surface area (Å²) in [6.45, 7) is 8.76. The number of ether oxygens (including phenoxy) is 3. The third kappa shape index (κ3) is 9.04. The van der Waals surface area contributed by atoms with Crippen molar-refractivity contribution in [2.45, 2.75) is 103 Å². The maximum atomic E-state index is 14.1. The zero-order valence-corrected chi connectivity index (χ0v) is 24.3. The highest BCUT2D eigenvalue weighted by molar-refractivity contribution is 7.56. The summed E-state index contributed by atoms with van der Waals surface area (Å²) >= 11 is 0. The molecule has 2 aromatic rings. The van der Waals surface area contributed by atoms with Crippen molar-refractivity contribution in [3.63, 3.8) is 0 Å². The first-order chi connectivity index (χ1) is 18.4. The molecular weight excluding hydrogens is 527 g/mol. The molecule has 1 fully saturated rings. The molecule has 0 saturated heterocycles. The summed E-state index contributed by atoms with van der Waals surface area (Å²) in [5.74, 6) is -0.283. The highest BCUT2D eigenvalue weighted by atomic mass is 31.2. The Morgan fingerprint density at radius 1 is 1.21 bits per heavy atom. The van der Waals surface area contributed by atoms with Gasteiger partial charge in [-0.1, -0.05) is 6.42 Å². The van der Waals surface area contributed by atoms with Crippen LogP contribution in [0.3, 0.4) is 0 Å². The third-order valence-corrected chi connectivity index (χ3v) is 8.25. The number of esters is 1. The first kappa shape index (κ1) is 31.1. The monoisotopic (exact) mass is 568 g/mol. The van der Waals surface area contributed by atoms with Crippen molar-refractivity contribution in [1.29, 1.82) is 0 Å². The number of anilines is 1. The number of aldehydes is 1. The first-order valence-corrected chi connectivity index (χ1v) is 15.1. The van der Waals surface area contributed by atoms with Crippen LogP contribution in [0.5, 0.6) is 0 Å². The van der Waals surface area contributed by atoms with E-state index in [1.165, 1.54) is 6.33 Å². The fraction of sp³-hybridized carbons (Fsp3) is 0.720. The van der Waals surface area contributed by atoms with Gasteiger partial charge >= 0.3 is 5.97 Å². The van der Waals surface area contributed by atoms with Crippen LogP contribution < -0.4 is 10.8 Å². The van der Waals surface area contributed by atoms with Gasteiger partial charge in [-0.25, -0.2) is 20.0 Å². The minimum Gasteiger partial charge on any atom is -0.461 e. The van der Waals surface area contributed by atoms with Crippen molar-refractivity contribution in [3.8, 4) is 0 Å². The molecule has 1 aliphatic rings. The topological polar surface area (TPSA) is 170 Å². The van der Waals surface area contributed by atoms with Gasteiger partial charge in [-0.3, -0.25) is 9.36 Å². The number of nitrogens with zero attached hydrogens (tertiary/aromatic N) is 4. The summed E-state index contributed by atoms with van der Waals surface area (Å²) in [5, 5.41) is 2.83. The fourth-order valence-electron chi connectivity index (χ4n) is 4.23. The van der Waals surface area contributed by atoms with Gasteiger partial charge in [0.05, 0.1) is 31.7 Å². The van der Waals surface area contributed by atoms with Gasteiger partial charge in [0.2, 0.25) is 0 Å². The lowest BCUT2D eigenvalue weighted by molar-refractivity contribution is -0.156. The number of nitrogens with two attached hydrogens (primary N) is 1. The van der Waals surface area contributed by atoms with Crippen molar-refractivity contribution in [2.75, 3.05) is 18.7 Å². The molecule has 0 amide bonds. The van der Waals surface area contributed by atoms with Crippen LogP contribution in [0.2, 0.25) is 0 Å². The van der Waals surface area contributed by atoms with Gasteiger partial charge < -0.3 is 33.8 Å². The maximum absolute atomic E-state index is 14.1. The Morgan fingerprint density at radius 2 is 1.92 bits per heavy atom. The highest BCUT2D eigenvalue weighted by Gasteiger charge is 2.41. The van der Waals surface area contributed by atoms with E-state index in [-0.39, 0.29) is 24.6 Å². The van der Waals surface area contributed by atoms with E-state index >= 15 is 0 Å². The van der Waals surface area contributed by atoms with Crippen LogP contribution in [0.15, 0.2) is 12.7 Å². The van der Waals surface area contributed by atoms with Crippen molar-refractivity contribution in [1.82, 2.24) is 24.6 Å². The SMILES string of the molecule is CC(C)OCC(C=O)OP(=O)(COC(C)Cn1cnc2c(N)ncnc21)NC(C)(C)C(=O)OC1CCCCC1. The second-order valence-electron chi connectivity index (χ2n) is 10.7. The summed E-state index contributed by atoms with van der Waals surface area (Å²) in [6.07, 6.45) is 5.81. The second kappa shape index (κ2) is 13.8. The number of hydrogen-bond acceptors (Lipinski definition) is 11. The van der Waals surface area contributed by atoms with Gasteiger partial charge in [-0.05, 0) is 60.3 Å². The Morgan fingerprint density at radius 3 is 2.59 bits per heavy atom. The first-order valence-electron chi connectivity index (χ1n) is 13.3. The molecule has 13 nitrogen and oxygen atoms in total. The van der Waals surface area contributed by atoms with Gasteiger partial charge in [0.1, 0.15) is 35.9 Å². The molecule has 3 N–H and O–H groups in total. The lowest BCUT2D eigenvalue weighted by atomic mass is 9.97. The van der Waals surface area contributed by atoms with Crippen molar-refractivity contribution >= 4 is 36.8 Å². The quantitative estimate of drug-likeness (QED) is 0.183. The number of rotatable bonds is 15. The standard InChI is InChI=1S/C25H41N6O7P/c1-17(2)35-13-20(12-32)38-39(34,30-25(4,5)24(33)37-19-9-7-6-8-10-19)16-36-18(3)11-31-15-29-21-22(26)27-14-28-23(21)31/h12,14-15,17-20H,6-11,13,16H2,1-5H3,(H,30,34)(H2,26,27,28). The second-order valence-corrected chi connectivity index (χ2v) is 12.7. The number of imidazole rings is 1. The summed E-state index contributed by atoms with van der Waals surface area (Å²) in [7, 11) is -3.94. The predicted octanol–water partition coefficient (Wildman–Crippen LogP) is 3.22. The molecule has 218 valence electrons. The Balaban J connectivity index is 1.71. The summed E-state index contributed by atoms with van der Waals surface area (Å²) in [6, 6.07) is 0.